The Morgan fingerprint density at radius 1 is 0.859 bits per heavy atom. The molecule has 1 aliphatic carbocycles. The molecule has 0 spiro atoms. The predicted octanol–water partition coefficient (Wildman–Crippen LogP) is 5.00. The molecule has 2 aromatic carbocycles. The van der Waals surface area contributed by atoms with Crippen molar-refractivity contribution in [1.29, 1.82) is 0 Å². The monoisotopic (exact) mass is 983 g/mol. The van der Waals surface area contributed by atoms with Crippen LogP contribution >= 0.6 is 0 Å². The number of allylic oxidation sites excluding steroid dienone is 1. The minimum Gasteiger partial charge on any atom is -0.381 e. The summed E-state index contributed by atoms with van der Waals surface area (Å²) in [5.41, 5.74) is 4.36. The lowest BCUT2D eigenvalue weighted by Gasteiger charge is -2.47. The number of carbonyl (C=O) groups excluding carboxylic acids is 4. The third kappa shape index (κ3) is 10.8. The number of hydrogen-bond acceptors (Lipinski definition) is 11. The number of ether oxygens (including phenoxy) is 2. The minimum atomic E-state index is -4.60. The third-order valence-corrected chi connectivity index (χ3v) is 16.6. The number of carbonyl (C=O) groups is 4. The van der Waals surface area contributed by atoms with E-state index >= 15 is 0 Å². The topological polar surface area (TPSA) is 130 Å². The average molecular weight is 983 g/mol. The lowest BCUT2D eigenvalue weighted by Crippen LogP contribution is -2.52. The van der Waals surface area contributed by atoms with Crippen LogP contribution in [0.4, 0.5) is 18.9 Å². The van der Waals surface area contributed by atoms with Gasteiger partial charge in [-0.1, -0.05) is 24.3 Å². The summed E-state index contributed by atoms with van der Waals surface area (Å²) in [7, 11) is 3.66. The van der Waals surface area contributed by atoms with Gasteiger partial charge in [-0.15, -0.1) is 0 Å². The van der Waals surface area contributed by atoms with Crippen molar-refractivity contribution < 1.29 is 41.8 Å². The number of anilines is 1. The van der Waals surface area contributed by atoms with Crippen LogP contribution in [-0.2, 0) is 42.2 Å². The zero-order valence-electron chi connectivity index (χ0n) is 41.2. The highest BCUT2D eigenvalue weighted by Gasteiger charge is 2.47. The second kappa shape index (κ2) is 20.9. The Bertz CT molecular complexity index is 2430. The molecule has 1 unspecified atom stereocenters. The molecule has 8 aliphatic rings. The smallest absolute Gasteiger partial charge is 0.381 e. The fourth-order valence-electron chi connectivity index (χ4n) is 12.5. The summed E-state index contributed by atoms with van der Waals surface area (Å²) in [5, 5.41) is 5.69. The van der Waals surface area contributed by atoms with Gasteiger partial charge in [-0.2, -0.15) is 13.2 Å². The van der Waals surface area contributed by atoms with Crippen LogP contribution in [0, 0.1) is 11.8 Å². The molecule has 2 aromatic rings. The number of nitrogens with one attached hydrogen (secondary N) is 2. The van der Waals surface area contributed by atoms with Crippen molar-refractivity contribution in [3.63, 3.8) is 0 Å². The molecule has 14 nitrogen and oxygen atoms in total. The molecule has 382 valence electrons. The van der Waals surface area contributed by atoms with E-state index in [4.69, 9.17) is 9.47 Å². The number of halogens is 3. The first-order valence-electron chi connectivity index (χ1n) is 25.9. The number of amides is 4. The average Bonchev–Trinajstić information content (AvgIpc) is 3.84. The Morgan fingerprint density at radius 2 is 1.62 bits per heavy atom. The van der Waals surface area contributed by atoms with E-state index in [0.29, 0.717) is 62.7 Å². The number of piperazine rings is 1. The Hall–Kier alpha value is -4.91. The summed E-state index contributed by atoms with van der Waals surface area (Å²) in [4.78, 5) is 63.6. The summed E-state index contributed by atoms with van der Waals surface area (Å²) >= 11 is 0. The maximum Gasteiger partial charge on any atom is 0.418 e. The number of likely N-dealkylation sites (tertiary alicyclic amines) is 2. The van der Waals surface area contributed by atoms with E-state index in [-0.39, 0.29) is 47.5 Å². The van der Waals surface area contributed by atoms with Crippen LogP contribution in [0.2, 0.25) is 0 Å². The molecule has 10 rings (SSSR count). The largest absolute Gasteiger partial charge is 0.418 e. The first-order valence-corrected chi connectivity index (χ1v) is 25.9. The fraction of sp³-hybridized carbons (Fsp3) is 0.593. The van der Waals surface area contributed by atoms with E-state index in [2.05, 4.69) is 48.4 Å². The highest BCUT2D eigenvalue weighted by Crippen LogP contribution is 2.46. The molecule has 17 heteroatoms. The van der Waals surface area contributed by atoms with E-state index in [9.17, 15) is 32.3 Å². The van der Waals surface area contributed by atoms with Gasteiger partial charge in [0.1, 0.15) is 6.04 Å². The number of hydrogen-bond donors (Lipinski definition) is 2. The van der Waals surface area contributed by atoms with Crippen molar-refractivity contribution in [2.24, 2.45) is 11.8 Å². The quantitative estimate of drug-likeness (QED) is 0.221. The Kier molecular flexibility index (Phi) is 14.6. The lowest BCUT2D eigenvalue weighted by atomic mass is 9.62. The van der Waals surface area contributed by atoms with Crippen LogP contribution in [0.5, 0.6) is 0 Å². The second-order valence-corrected chi connectivity index (χ2v) is 21.3. The van der Waals surface area contributed by atoms with Crippen LogP contribution < -0.4 is 15.5 Å². The van der Waals surface area contributed by atoms with Gasteiger partial charge in [-0.25, -0.2) is 0 Å². The third-order valence-electron chi connectivity index (χ3n) is 16.6. The van der Waals surface area contributed by atoms with Crippen LogP contribution in [0.1, 0.15) is 78.4 Å². The van der Waals surface area contributed by atoms with Crippen molar-refractivity contribution in [1.82, 2.24) is 35.1 Å². The van der Waals surface area contributed by atoms with E-state index in [1.165, 1.54) is 17.1 Å². The molecule has 7 aliphatic heterocycles. The van der Waals surface area contributed by atoms with Crippen molar-refractivity contribution in [3.8, 4) is 0 Å². The number of likely N-dealkylation sites (N-methyl/N-ethyl adjacent to an activating group) is 1. The van der Waals surface area contributed by atoms with Gasteiger partial charge in [0, 0.05) is 108 Å². The molecule has 4 saturated heterocycles. The van der Waals surface area contributed by atoms with Gasteiger partial charge >= 0.3 is 6.18 Å². The van der Waals surface area contributed by atoms with E-state index in [0.717, 1.165) is 120 Å². The molecule has 1 saturated carbocycles. The number of fused-ring (bicyclic) bond motifs is 2. The fourth-order valence-corrected chi connectivity index (χ4v) is 12.5. The molecule has 2 atom stereocenters. The number of alkyl halides is 3. The second-order valence-electron chi connectivity index (χ2n) is 21.3. The van der Waals surface area contributed by atoms with E-state index in [1.54, 1.807) is 18.2 Å². The summed E-state index contributed by atoms with van der Waals surface area (Å²) in [6.45, 7) is 11.5. The van der Waals surface area contributed by atoms with Gasteiger partial charge in [0.15, 0.2) is 0 Å². The molecule has 0 aromatic heterocycles. The minimum absolute atomic E-state index is 0.0648. The van der Waals surface area contributed by atoms with Crippen LogP contribution in [0.25, 0.3) is 0 Å². The van der Waals surface area contributed by atoms with Crippen LogP contribution in [0.15, 0.2) is 77.7 Å². The zero-order chi connectivity index (χ0) is 49.4. The molecular weight excluding hydrogens is 914 g/mol. The number of methoxy groups -OCH3 is 1. The Labute approximate surface area is 415 Å². The summed E-state index contributed by atoms with van der Waals surface area (Å²) in [6.07, 6.45) is 6.73. The van der Waals surface area contributed by atoms with Gasteiger partial charge in [0.2, 0.25) is 17.7 Å². The number of rotatable bonds is 16. The van der Waals surface area contributed by atoms with Gasteiger partial charge < -0.3 is 29.5 Å². The predicted molar refractivity (Wildman–Crippen MR) is 262 cm³/mol. The van der Waals surface area contributed by atoms with Crippen LogP contribution in [-0.4, -0.2) is 172 Å². The summed E-state index contributed by atoms with van der Waals surface area (Å²) in [5.74, 6) is -1.18. The number of piperidine rings is 3. The summed E-state index contributed by atoms with van der Waals surface area (Å²) in [6, 6.07) is 13.6. The van der Waals surface area contributed by atoms with Crippen molar-refractivity contribution >= 4 is 29.3 Å². The zero-order valence-corrected chi connectivity index (χ0v) is 41.2. The highest BCUT2D eigenvalue weighted by molar-refractivity contribution is 6.05. The molecule has 7 heterocycles. The Morgan fingerprint density at radius 3 is 2.34 bits per heavy atom. The maximum atomic E-state index is 14.6. The SMILES string of the molecule is CNC[C@]1(c2cccc(CC3C=C4C(C(F)(F)F)=CC(CN5CCC(OCCN6CCC(CN7CCN(c8ccc9c(c8)CN([C@@H]8CCC(=O)NC8=O)C9=O)CC7)CC6)CC5)=CN4C3=O)c2)C[C@H](OC)C1. The lowest BCUT2D eigenvalue weighted by molar-refractivity contribution is -0.137. The molecule has 5 fully saturated rings. The molecule has 0 radical (unpaired) electrons. The summed E-state index contributed by atoms with van der Waals surface area (Å²) < 4.78 is 55.8. The Balaban J connectivity index is 0.630. The number of benzene rings is 2. The first-order chi connectivity index (χ1) is 34.2. The number of nitrogens with zero attached hydrogens (tertiary/aromatic N) is 6. The van der Waals surface area contributed by atoms with Crippen molar-refractivity contribution in [3.05, 3.63) is 99.9 Å². The normalized spacial score (nSPS) is 27.4. The first kappa shape index (κ1) is 49.7. The number of imide groups is 1. The molecular formula is C54H69F3N8O6. The van der Waals surface area contributed by atoms with Crippen molar-refractivity contribution in [2.75, 3.05) is 104 Å². The van der Waals surface area contributed by atoms with E-state index in [1.807, 2.05) is 31.3 Å². The standard InChI is InChI=1S/C54H69F3N8O6/c1-58-35-53(29-44(30-53)70-2)41-5-3-4-37(25-41)24-39-28-48-46(54(55,56)57)26-38(33-64(48)51(39)68)32-61-16-12-43(13-17-61)71-23-22-60-14-10-36(11-15-60)31-62-18-20-63(21-19-62)42-6-7-45-40(27-42)34-65(52(45)69)47-8-9-49(66)59-50(47)67/h3-7,25-28,33,36,39,43-44,47,58H,8-24,29-32,34-35H2,1-2H3,(H,59,66,67)/t39?,44-,47-,53-/m1/s1. The van der Waals surface area contributed by atoms with Gasteiger partial charge in [0.25, 0.3) is 5.91 Å². The van der Waals surface area contributed by atoms with Gasteiger partial charge in [-0.3, -0.25) is 39.2 Å². The molecule has 71 heavy (non-hydrogen) atoms. The molecule has 2 N–H and O–H groups in total. The van der Waals surface area contributed by atoms with Crippen molar-refractivity contribution in [2.45, 2.75) is 94.2 Å². The van der Waals surface area contributed by atoms with Gasteiger partial charge in [0.05, 0.1) is 36.0 Å². The van der Waals surface area contributed by atoms with Crippen LogP contribution in [0.3, 0.4) is 0 Å². The molecule has 4 amide bonds. The molecule has 0 bridgehead atoms. The van der Waals surface area contributed by atoms with E-state index < -0.39 is 29.6 Å². The highest BCUT2D eigenvalue weighted by atomic mass is 19.4. The maximum absolute atomic E-state index is 14.6. The van der Waals surface area contributed by atoms with Gasteiger partial charge in [-0.05, 0) is 130 Å².